The lowest BCUT2D eigenvalue weighted by Crippen LogP contribution is -2.34. The zero-order valence-electron chi connectivity index (χ0n) is 7.96. The lowest BCUT2D eigenvalue weighted by atomic mass is 10.1. The van der Waals surface area contributed by atoms with Crippen molar-refractivity contribution in [2.24, 2.45) is 5.73 Å². The number of nitrogens with two attached hydrogens (primary N) is 1. The number of carboxylic acid groups (broad SMARTS) is 1. The summed E-state index contributed by atoms with van der Waals surface area (Å²) >= 11 is 0. The lowest BCUT2D eigenvalue weighted by Gasteiger charge is -2.19. The van der Waals surface area contributed by atoms with E-state index in [9.17, 15) is 9.36 Å². The Morgan fingerprint density at radius 3 is 2.29 bits per heavy atom. The second-order valence-electron chi connectivity index (χ2n) is 3.21. The van der Waals surface area contributed by atoms with Gasteiger partial charge in [-0.1, -0.05) is 13.3 Å². The highest BCUT2D eigenvalue weighted by Crippen LogP contribution is 2.45. The fourth-order valence-corrected chi connectivity index (χ4v) is 2.25. The fraction of sp³-hybridized carbons (Fsp3) is 0.857. The summed E-state index contributed by atoms with van der Waals surface area (Å²) in [6, 6.07) is -1.21. The quantitative estimate of drug-likeness (QED) is 0.477. The first-order valence-corrected chi connectivity index (χ1v) is 6.00. The predicted molar refractivity (Wildman–Crippen MR) is 51.0 cm³/mol. The standard InChI is InChI=1S/C7H16NO5P/c1-2-3-5(14(11,12)13)4-6(8)7(9)10/h5-6H,2-4,8H2,1H3,(H,9,10)(H2,11,12,13)/t5?,6-/m0/s1. The molecule has 2 atom stereocenters. The summed E-state index contributed by atoms with van der Waals surface area (Å²) < 4.78 is 10.9. The van der Waals surface area contributed by atoms with Gasteiger partial charge in [-0.2, -0.15) is 0 Å². The number of hydrogen-bond acceptors (Lipinski definition) is 3. The van der Waals surface area contributed by atoms with Gasteiger partial charge < -0.3 is 20.6 Å². The van der Waals surface area contributed by atoms with Gasteiger partial charge in [0.15, 0.2) is 0 Å². The smallest absolute Gasteiger partial charge is 0.328 e. The molecule has 7 heteroatoms. The van der Waals surface area contributed by atoms with Crippen molar-refractivity contribution in [3.63, 3.8) is 0 Å². The fourth-order valence-electron chi connectivity index (χ4n) is 1.15. The van der Waals surface area contributed by atoms with Gasteiger partial charge in [-0.3, -0.25) is 9.36 Å². The molecule has 0 rings (SSSR count). The Balaban J connectivity index is 4.38. The molecule has 0 spiro atoms. The molecule has 5 N–H and O–H groups in total. The molecular weight excluding hydrogens is 209 g/mol. The number of rotatable bonds is 6. The van der Waals surface area contributed by atoms with Gasteiger partial charge in [-0.05, 0) is 12.8 Å². The van der Waals surface area contributed by atoms with Gasteiger partial charge >= 0.3 is 13.6 Å². The largest absolute Gasteiger partial charge is 0.480 e. The van der Waals surface area contributed by atoms with E-state index in [1.54, 1.807) is 6.92 Å². The Morgan fingerprint density at radius 1 is 1.50 bits per heavy atom. The number of aliphatic carboxylic acids is 1. The van der Waals surface area contributed by atoms with Crippen LogP contribution >= 0.6 is 7.60 Å². The molecule has 1 unspecified atom stereocenters. The van der Waals surface area contributed by atoms with E-state index in [0.717, 1.165) is 0 Å². The van der Waals surface area contributed by atoms with Crippen LogP contribution in [0.3, 0.4) is 0 Å². The third kappa shape index (κ3) is 4.72. The van der Waals surface area contributed by atoms with Crippen LogP contribution in [-0.4, -0.2) is 32.6 Å². The molecule has 0 aromatic heterocycles. The van der Waals surface area contributed by atoms with Crippen molar-refractivity contribution in [1.82, 2.24) is 0 Å². The molecule has 14 heavy (non-hydrogen) atoms. The summed E-state index contributed by atoms with van der Waals surface area (Å²) in [5.41, 5.74) is 4.26. The molecule has 0 aromatic carbocycles. The second kappa shape index (κ2) is 5.46. The first-order valence-electron chi connectivity index (χ1n) is 4.32. The maximum absolute atomic E-state index is 10.9. The Bertz CT molecular complexity index is 238. The SMILES string of the molecule is CCCC(C[C@H](N)C(=O)O)P(=O)(O)O. The van der Waals surface area contributed by atoms with Gasteiger partial charge in [0.25, 0.3) is 0 Å². The van der Waals surface area contributed by atoms with Crippen LogP contribution in [0.2, 0.25) is 0 Å². The van der Waals surface area contributed by atoms with Crippen LogP contribution in [0.15, 0.2) is 0 Å². The lowest BCUT2D eigenvalue weighted by molar-refractivity contribution is -0.138. The third-order valence-electron chi connectivity index (χ3n) is 1.94. The Hall–Kier alpha value is -0.420. The van der Waals surface area contributed by atoms with E-state index in [1.165, 1.54) is 0 Å². The van der Waals surface area contributed by atoms with Gasteiger partial charge in [0.05, 0.1) is 5.66 Å². The van der Waals surface area contributed by atoms with E-state index in [0.29, 0.717) is 6.42 Å². The summed E-state index contributed by atoms with van der Waals surface area (Å²) in [6.45, 7) is 1.77. The summed E-state index contributed by atoms with van der Waals surface area (Å²) in [6.07, 6.45) is 0.681. The minimum Gasteiger partial charge on any atom is -0.480 e. The van der Waals surface area contributed by atoms with E-state index in [1.807, 2.05) is 0 Å². The second-order valence-corrected chi connectivity index (χ2v) is 5.12. The van der Waals surface area contributed by atoms with Crippen LogP contribution in [-0.2, 0) is 9.36 Å². The predicted octanol–water partition coefficient (Wildman–Crippen LogP) is 0.135. The molecule has 0 fully saturated rings. The Labute approximate surface area is 82.3 Å². The molecule has 0 aliphatic rings. The molecule has 0 amide bonds. The molecular formula is C7H16NO5P. The topological polar surface area (TPSA) is 121 Å². The highest BCUT2D eigenvalue weighted by molar-refractivity contribution is 7.52. The summed E-state index contributed by atoms with van der Waals surface area (Å²) in [7, 11) is -4.23. The van der Waals surface area contributed by atoms with E-state index in [4.69, 9.17) is 20.6 Å². The maximum Gasteiger partial charge on any atom is 0.328 e. The van der Waals surface area contributed by atoms with Crippen molar-refractivity contribution in [2.45, 2.75) is 37.9 Å². The van der Waals surface area contributed by atoms with Crippen molar-refractivity contribution in [1.29, 1.82) is 0 Å². The van der Waals surface area contributed by atoms with Crippen LogP contribution in [0.4, 0.5) is 0 Å². The minimum atomic E-state index is -4.23. The average molecular weight is 225 g/mol. The van der Waals surface area contributed by atoms with Crippen LogP contribution in [0.5, 0.6) is 0 Å². The molecule has 0 bridgehead atoms. The Kier molecular flexibility index (Phi) is 5.29. The molecule has 6 nitrogen and oxygen atoms in total. The molecule has 84 valence electrons. The van der Waals surface area contributed by atoms with Crippen molar-refractivity contribution in [2.75, 3.05) is 0 Å². The van der Waals surface area contributed by atoms with E-state index < -0.39 is 25.3 Å². The van der Waals surface area contributed by atoms with Crippen molar-refractivity contribution in [3.8, 4) is 0 Å². The van der Waals surface area contributed by atoms with Crippen LogP contribution in [0, 0.1) is 0 Å². The van der Waals surface area contributed by atoms with Crippen molar-refractivity contribution in [3.05, 3.63) is 0 Å². The van der Waals surface area contributed by atoms with Crippen molar-refractivity contribution < 1.29 is 24.3 Å². The summed E-state index contributed by atoms with van der Waals surface area (Å²) in [5.74, 6) is -1.24. The van der Waals surface area contributed by atoms with Crippen LogP contribution < -0.4 is 5.73 Å². The molecule has 0 saturated carbocycles. The summed E-state index contributed by atoms with van der Waals surface area (Å²) in [5, 5.41) is 8.49. The maximum atomic E-state index is 10.9. The first-order chi connectivity index (χ1) is 6.29. The molecule has 0 aromatic rings. The van der Waals surface area contributed by atoms with E-state index in [-0.39, 0.29) is 12.8 Å². The van der Waals surface area contributed by atoms with Crippen LogP contribution in [0.1, 0.15) is 26.2 Å². The average Bonchev–Trinajstić information content (AvgIpc) is 2.01. The monoisotopic (exact) mass is 225 g/mol. The van der Waals surface area contributed by atoms with Crippen LogP contribution in [0.25, 0.3) is 0 Å². The van der Waals surface area contributed by atoms with Gasteiger partial charge in [0, 0.05) is 0 Å². The third-order valence-corrected chi connectivity index (χ3v) is 3.36. The van der Waals surface area contributed by atoms with Gasteiger partial charge in [-0.15, -0.1) is 0 Å². The summed E-state index contributed by atoms with van der Waals surface area (Å²) in [4.78, 5) is 28.2. The molecule has 0 heterocycles. The number of carbonyl (C=O) groups is 1. The Morgan fingerprint density at radius 2 is 2.00 bits per heavy atom. The molecule has 0 aliphatic heterocycles. The van der Waals surface area contributed by atoms with Gasteiger partial charge in [0.1, 0.15) is 6.04 Å². The number of carboxylic acids is 1. The van der Waals surface area contributed by atoms with Crippen molar-refractivity contribution >= 4 is 13.6 Å². The molecule has 0 aliphatic carbocycles. The first kappa shape index (κ1) is 13.6. The number of hydrogen-bond donors (Lipinski definition) is 4. The highest BCUT2D eigenvalue weighted by atomic mass is 31.2. The molecule has 0 radical (unpaired) electrons. The van der Waals surface area contributed by atoms with E-state index in [2.05, 4.69) is 0 Å². The van der Waals surface area contributed by atoms with Gasteiger partial charge in [0.2, 0.25) is 0 Å². The normalized spacial score (nSPS) is 16.3. The zero-order chi connectivity index (χ0) is 11.4. The van der Waals surface area contributed by atoms with Gasteiger partial charge in [-0.25, -0.2) is 0 Å². The minimum absolute atomic E-state index is 0.187. The highest BCUT2D eigenvalue weighted by Gasteiger charge is 2.31. The van der Waals surface area contributed by atoms with E-state index >= 15 is 0 Å². The zero-order valence-corrected chi connectivity index (χ0v) is 8.85. The molecule has 0 saturated heterocycles.